The minimum atomic E-state index is -0.383. The molecular weight excluding hydrogens is 240 g/mol. The number of nitro benzene ring substituents is 1. The first-order valence-electron chi connectivity index (χ1n) is 5.70. The van der Waals surface area contributed by atoms with E-state index in [1.807, 2.05) is 6.07 Å². The summed E-state index contributed by atoms with van der Waals surface area (Å²) in [6.07, 6.45) is 1.17. The number of alkyl halides is 1. The Bertz CT molecular complexity index is 437. The van der Waals surface area contributed by atoms with Crippen molar-refractivity contribution in [3.05, 3.63) is 33.9 Å². The molecule has 0 radical (unpaired) electrons. The highest BCUT2D eigenvalue weighted by atomic mass is 35.5. The zero-order chi connectivity index (χ0) is 12.4. The van der Waals surface area contributed by atoms with Crippen LogP contribution >= 0.6 is 11.6 Å². The van der Waals surface area contributed by atoms with Gasteiger partial charge in [-0.25, -0.2) is 0 Å². The van der Waals surface area contributed by atoms with E-state index in [2.05, 4.69) is 11.8 Å². The summed E-state index contributed by atoms with van der Waals surface area (Å²) >= 11 is 5.87. The van der Waals surface area contributed by atoms with Crippen LogP contribution in [0.2, 0.25) is 0 Å². The number of nitro groups is 1. The summed E-state index contributed by atoms with van der Waals surface area (Å²) in [5.74, 6) is 0.982. The van der Waals surface area contributed by atoms with Gasteiger partial charge in [0.25, 0.3) is 5.69 Å². The van der Waals surface area contributed by atoms with E-state index < -0.39 is 0 Å². The maximum absolute atomic E-state index is 10.7. The number of anilines is 1. The summed E-state index contributed by atoms with van der Waals surface area (Å²) in [5.41, 5.74) is 1.99. The molecule has 0 saturated carbocycles. The van der Waals surface area contributed by atoms with Crippen LogP contribution in [0.1, 0.15) is 18.9 Å². The fourth-order valence-corrected chi connectivity index (χ4v) is 2.47. The highest BCUT2D eigenvalue weighted by Gasteiger charge is 2.22. The summed E-state index contributed by atoms with van der Waals surface area (Å²) in [6.45, 7) is 4.22. The molecule has 2 rings (SSSR count). The van der Waals surface area contributed by atoms with Crippen LogP contribution in [-0.4, -0.2) is 18.0 Å². The van der Waals surface area contributed by atoms with Crippen molar-refractivity contribution in [3.8, 4) is 0 Å². The van der Waals surface area contributed by atoms with Crippen LogP contribution in [-0.2, 0) is 5.88 Å². The number of hydrogen-bond acceptors (Lipinski definition) is 3. The van der Waals surface area contributed by atoms with Crippen molar-refractivity contribution < 1.29 is 4.92 Å². The quantitative estimate of drug-likeness (QED) is 0.473. The molecule has 5 heteroatoms. The molecule has 0 bridgehead atoms. The molecule has 0 aromatic heterocycles. The lowest BCUT2D eigenvalue weighted by Gasteiger charge is -2.20. The Morgan fingerprint density at radius 2 is 2.35 bits per heavy atom. The van der Waals surface area contributed by atoms with Crippen LogP contribution in [0.5, 0.6) is 0 Å². The van der Waals surface area contributed by atoms with E-state index in [9.17, 15) is 10.1 Å². The number of nitrogens with zero attached hydrogens (tertiary/aromatic N) is 2. The van der Waals surface area contributed by atoms with E-state index in [-0.39, 0.29) is 10.6 Å². The smallest absolute Gasteiger partial charge is 0.269 e. The SMILES string of the molecule is CC1CCN(c2ccc([N+](=O)[O-])cc2CCl)C1. The highest BCUT2D eigenvalue weighted by Crippen LogP contribution is 2.30. The number of benzene rings is 1. The number of halogens is 1. The topological polar surface area (TPSA) is 46.4 Å². The monoisotopic (exact) mass is 254 g/mol. The lowest BCUT2D eigenvalue weighted by molar-refractivity contribution is -0.384. The van der Waals surface area contributed by atoms with Gasteiger partial charge in [-0.05, 0) is 24.0 Å². The molecule has 1 aromatic rings. The van der Waals surface area contributed by atoms with E-state index in [4.69, 9.17) is 11.6 Å². The maximum atomic E-state index is 10.7. The Kier molecular flexibility index (Phi) is 3.52. The van der Waals surface area contributed by atoms with E-state index in [0.717, 1.165) is 24.3 Å². The molecule has 4 nitrogen and oxygen atoms in total. The molecule has 17 heavy (non-hydrogen) atoms. The standard InChI is InChI=1S/C12H15ClN2O2/c1-9-4-5-14(8-9)12-3-2-11(15(16)17)6-10(12)7-13/h2-3,6,9H,4-5,7-8H2,1H3. The number of rotatable bonds is 3. The second-order valence-corrected chi connectivity index (χ2v) is 4.81. The van der Waals surface area contributed by atoms with Gasteiger partial charge >= 0.3 is 0 Å². The summed E-state index contributed by atoms with van der Waals surface area (Å²) in [6, 6.07) is 4.94. The largest absolute Gasteiger partial charge is 0.371 e. The van der Waals surface area contributed by atoms with E-state index in [0.29, 0.717) is 11.8 Å². The summed E-state index contributed by atoms with van der Waals surface area (Å²) in [7, 11) is 0. The molecule has 1 saturated heterocycles. The molecule has 1 aliphatic heterocycles. The molecule has 1 aliphatic rings. The zero-order valence-corrected chi connectivity index (χ0v) is 10.5. The molecule has 0 amide bonds. The van der Waals surface area contributed by atoms with Crippen molar-refractivity contribution in [1.29, 1.82) is 0 Å². The Morgan fingerprint density at radius 3 is 2.88 bits per heavy atom. The normalized spacial score (nSPS) is 19.6. The lowest BCUT2D eigenvalue weighted by Crippen LogP contribution is -2.20. The van der Waals surface area contributed by atoms with Crippen LogP contribution < -0.4 is 4.90 Å². The molecule has 92 valence electrons. The molecule has 1 aromatic carbocycles. The average Bonchev–Trinajstić information content (AvgIpc) is 2.74. The fraction of sp³-hybridized carbons (Fsp3) is 0.500. The lowest BCUT2D eigenvalue weighted by atomic mass is 10.1. The van der Waals surface area contributed by atoms with Crippen molar-refractivity contribution in [2.24, 2.45) is 5.92 Å². The van der Waals surface area contributed by atoms with E-state index in [1.165, 1.54) is 6.42 Å². The van der Waals surface area contributed by atoms with Gasteiger partial charge in [-0.3, -0.25) is 10.1 Å². The van der Waals surface area contributed by atoms with Gasteiger partial charge in [0.2, 0.25) is 0 Å². The Hall–Kier alpha value is -1.29. The van der Waals surface area contributed by atoms with Crippen molar-refractivity contribution in [3.63, 3.8) is 0 Å². The first-order chi connectivity index (χ1) is 8.11. The fourth-order valence-electron chi connectivity index (χ4n) is 2.25. The molecule has 1 heterocycles. The van der Waals surface area contributed by atoms with Crippen LogP contribution in [0, 0.1) is 16.0 Å². The molecule has 0 N–H and O–H groups in total. The van der Waals surface area contributed by atoms with Crippen molar-refractivity contribution in [1.82, 2.24) is 0 Å². The predicted molar refractivity (Wildman–Crippen MR) is 68.6 cm³/mol. The van der Waals surface area contributed by atoms with Gasteiger partial charge in [0, 0.05) is 36.8 Å². The van der Waals surface area contributed by atoms with Gasteiger partial charge in [0.05, 0.1) is 4.92 Å². The summed E-state index contributed by atoms with van der Waals surface area (Å²) in [4.78, 5) is 12.6. The van der Waals surface area contributed by atoms with E-state index in [1.54, 1.807) is 12.1 Å². The number of non-ortho nitro benzene ring substituents is 1. The minimum Gasteiger partial charge on any atom is -0.371 e. The van der Waals surface area contributed by atoms with Crippen LogP contribution in [0.25, 0.3) is 0 Å². The third kappa shape index (κ3) is 2.52. The maximum Gasteiger partial charge on any atom is 0.269 e. The van der Waals surface area contributed by atoms with Crippen LogP contribution in [0.3, 0.4) is 0 Å². The average molecular weight is 255 g/mol. The first kappa shape index (κ1) is 12.2. The first-order valence-corrected chi connectivity index (χ1v) is 6.23. The Morgan fingerprint density at radius 1 is 1.59 bits per heavy atom. The third-order valence-electron chi connectivity index (χ3n) is 3.18. The van der Waals surface area contributed by atoms with Crippen molar-refractivity contribution >= 4 is 23.0 Å². The summed E-state index contributed by atoms with van der Waals surface area (Å²) < 4.78 is 0. The van der Waals surface area contributed by atoms with Gasteiger partial charge < -0.3 is 4.90 Å². The molecule has 1 atom stereocenters. The van der Waals surface area contributed by atoms with Gasteiger partial charge in [0.15, 0.2) is 0 Å². The van der Waals surface area contributed by atoms with Gasteiger partial charge in [-0.1, -0.05) is 6.92 Å². The van der Waals surface area contributed by atoms with Crippen LogP contribution in [0.4, 0.5) is 11.4 Å². The molecule has 1 fully saturated rings. The molecule has 1 unspecified atom stereocenters. The van der Waals surface area contributed by atoms with E-state index >= 15 is 0 Å². The Labute approximate surface area is 105 Å². The summed E-state index contributed by atoms with van der Waals surface area (Å²) in [5, 5.41) is 10.7. The van der Waals surface area contributed by atoms with Gasteiger partial charge in [0.1, 0.15) is 0 Å². The Balaban J connectivity index is 2.31. The predicted octanol–water partition coefficient (Wildman–Crippen LogP) is 3.18. The molecular formula is C12H15ClN2O2. The van der Waals surface area contributed by atoms with Crippen LogP contribution in [0.15, 0.2) is 18.2 Å². The second kappa shape index (κ2) is 4.92. The van der Waals surface area contributed by atoms with Gasteiger partial charge in [-0.2, -0.15) is 0 Å². The molecule has 0 spiro atoms. The minimum absolute atomic E-state index is 0.108. The number of hydrogen-bond donors (Lipinski definition) is 0. The highest BCUT2D eigenvalue weighted by molar-refractivity contribution is 6.17. The zero-order valence-electron chi connectivity index (χ0n) is 9.73. The van der Waals surface area contributed by atoms with Crippen molar-refractivity contribution in [2.75, 3.05) is 18.0 Å². The van der Waals surface area contributed by atoms with Crippen molar-refractivity contribution in [2.45, 2.75) is 19.2 Å². The second-order valence-electron chi connectivity index (χ2n) is 4.54. The third-order valence-corrected chi connectivity index (χ3v) is 3.47. The van der Waals surface area contributed by atoms with Gasteiger partial charge in [-0.15, -0.1) is 11.6 Å². The molecule has 0 aliphatic carbocycles.